The van der Waals surface area contributed by atoms with Crippen molar-refractivity contribution < 1.29 is 14.3 Å². The van der Waals surface area contributed by atoms with Crippen molar-refractivity contribution in [3.05, 3.63) is 58.5 Å². The summed E-state index contributed by atoms with van der Waals surface area (Å²) in [6.07, 6.45) is 6.01. The van der Waals surface area contributed by atoms with Gasteiger partial charge in [-0.2, -0.15) is 0 Å². The standard InChI is InChI=1S/C21H23N3O4/c1-13-19(20(26)24(23(13)2)16-6-4-3-5-7-16)22-18(25)12-28-21(27)17-11-14-8-9-15(17)10-14/h3-9,14-15,17H,10-12H2,1-2H3,(H,22,25)/t14-,15+,17+/m0/s1. The normalized spacial score (nSPS) is 22.4. The van der Waals surface area contributed by atoms with Crippen molar-refractivity contribution in [3.8, 4) is 5.69 Å². The molecule has 3 atom stereocenters. The van der Waals surface area contributed by atoms with E-state index < -0.39 is 12.5 Å². The first-order valence-corrected chi connectivity index (χ1v) is 9.44. The van der Waals surface area contributed by atoms with Crippen LogP contribution in [0.3, 0.4) is 0 Å². The summed E-state index contributed by atoms with van der Waals surface area (Å²) < 4.78 is 8.38. The van der Waals surface area contributed by atoms with E-state index in [9.17, 15) is 14.4 Å². The molecule has 1 fully saturated rings. The van der Waals surface area contributed by atoms with Gasteiger partial charge in [-0.1, -0.05) is 30.4 Å². The lowest BCUT2D eigenvalue weighted by molar-refractivity contribution is -0.152. The molecule has 2 aromatic rings. The molecule has 1 aromatic carbocycles. The summed E-state index contributed by atoms with van der Waals surface area (Å²) in [4.78, 5) is 37.3. The van der Waals surface area contributed by atoms with Crippen LogP contribution >= 0.6 is 0 Å². The van der Waals surface area contributed by atoms with E-state index in [0.717, 1.165) is 12.8 Å². The van der Waals surface area contributed by atoms with Gasteiger partial charge in [-0.15, -0.1) is 0 Å². The maximum absolute atomic E-state index is 12.8. The van der Waals surface area contributed by atoms with Gasteiger partial charge >= 0.3 is 5.97 Å². The van der Waals surface area contributed by atoms with Crippen molar-refractivity contribution in [2.45, 2.75) is 19.8 Å². The fourth-order valence-electron chi connectivity index (χ4n) is 4.18. The summed E-state index contributed by atoms with van der Waals surface area (Å²) in [6.45, 7) is 1.36. The third kappa shape index (κ3) is 3.17. The van der Waals surface area contributed by atoms with Gasteiger partial charge in [-0.3, -0.25) is 19.1 Å². The third-order valence-electron chi connectivity index (χ3n) is 5.75. The van der Waals surface area contributed by atoms with Gasteiger partial charge in [0.1, 0.15) is 5.69 Å². The highest BCUT2D eigenvalue weighted by Gasteiger charge is 2.40. The van der Waals surface area contributed by atoms with Gasteiger partial charge in [0.15, 0.2) is 6.61 Å². The van der Waals surface area contributed by atoms with E-state index in [1.807, 2.05) is 30.3 Å². The second-order valence-corrected chi connectivity index (χ2v) is 7.48. The highest BCUT2D eigenvalue weighted by atomic mass is 16.5. The molecular formula is C21H23N3O4. The van der Waals surface area contributed by atoms with E-state index >= 15 is 0 Å². The van der Waals surface area contributed by atoms with Crippen LogP contribution in [0.2, 0.25) is 0 Å². The molecule has 1 saturated carbocycles. The summed E-state index contributed by atoms with van der Waals surface area (Å²) in [7, 11) is 1.75. The number of hydrogen-bond donors (Lipinski definition) is 1. The number of fused-ring (bicyclic) bond motifs is 2. The van der Waals surface area contributed by atoms with Crippen LogP contribution in [0.4, 0.5) is 5.69 Å². The van der Waals surface area contributed by atoms with E-state index in [0.29, 0.717) is 17.3 Å². The number of hydrogen-bond acceptors (Lipinski definition) is 4. The van der Waals surface area contributed by atoms with Crippen molar-refractivity contribution >= 4 is 17.6 Å². The zero-order chi connectivity index (χ0) is 19.8. The van der Waals surface area contributed by atoms with Crippen molar-refractivity contribution in [1.82, 2.24) is 9.36 Å². The summed E-state index contributed by atoms with van der Waals surface area (Å²) in [5.74, 6) is -0.317. The van der Waals surface area contributed by atoms with Crippen molar-refractivity contribution in [3.63, 3.8) is 0 Å². The average molecular weight is 381 g/mol. The third-order valence-corrected chi connectivity index (χ3v) is 5.75. The minimum atomic E-state index is -0.516. The first-order chi connectivity index (χ1) is 13.5. The van der Waals surface area contributed by atoms with E-state index in [2.05, 4.69) is 17.5 Å². The van der Waals surface area contributed by atoms with E-state index in [1.165, 1.54) is 4.68 Å². The van der Waals surface area contributed by atoms with Crippen LogP contribution in [0.15, 0.2) is 47.3 Å². The van der Waals surface area contributed by atoms with Gasteiger partial charge < -0.3 is 10.1 Å². The van der Waals surface area contributed by atoms with Crippen LogP contribution in [0.1, 0.15) is 18.5 Å². The Morgan fingerprint density at radius 2 is 1.93 bits per heavy atom. The molecule has 1 heterocycles. The lowest BCUT2D eigenvalue weighted by atomic mass is 9.94. The van der Waals surface area contributed by atoms with E-state index in [-0.39, 0.29) is 29.1 Å². The minimum Gasteiger partial charge on any atom is -0.455 e. The quantitative estimate of drug-likeness (QED) is 0.636. The number of benzene rings is 1. The Kier molecular flexibility index (Phi) is 4.66. The summed E-state index contributed by atoms with van der Waals surface area (Å²) in [5, 5.41) is 2.61. The molecule has 7 nitrogen and oxygen atoms in total. The Labute approximate surface area is 162 Å². The molecule has 4 rings (SSSR count). The predicted molar refractivity (Wildman–Crippen MR) is 104 cm³/mol. The molecule has 2 aliphatic carbocycles. The maximum Gasteiger partial charge on any atom is 0.310 e. The molecule has 0 spiro atoms. The Hall–Kier alpha value is -3.09. The van der Waals surface area contributed by atoms with Gasteiger partial charge in [0.25, 0.3) is 11.5 Å². The van der Waals surface area contributed by atoms with Crippen LogP contribution in [-0.2, 0) is 21.4 Å². The summed E-state index contributed by atoms with van der Waals surface area (Å²) in [6, 6.07) is 9.18. The number of rotatable bonds is 5. The molecule has 1 amide bonds. The summed E-state index contributed by atoms with van der Waals surface area (Å²) in [5.41, 5.74) is 1.18. The van der Waals surface area contributed by atoms with Gasteiger partial charge in [-0.25, -0.2) is 4.68 Å². The Bertz CT molecular complexity index is 1000. The fraction of sp³-hybridized carbons (Fsp3) is 0.381. The predicted octanol–water partition coefficient (Wildman–Crippen LogP) is 2.18. The van der Waals surface area contributed by atoms with E-state index in [1.54, 1.807) is 18.7 Å². The first kappa shape index (κ1) is 18.3. The van der Waals surface area contributed by atoms with Crippen LogP contribution in [-0.4, -0.2) is 27.8 Å². The maximum atomic E-state index is 12.8. The topological polar surface area (TPSA) is 82.3 Å². The SMILES string of the molecule is Cc1c(NC(=O)COC(=O)[C@@H]2C[C@H]3C=C[C@@H]2C3)c(=O)n(-c2ccccc2)n1C. The van der Waals surface area contributed by atoms with Gasteiger partial charge in [0.05, 0.1) is 17.3 Å². The second kappa shape index (κ2) is 7.14. The molecule has 28 heavy (non-hydrogen) atoms. The molecular weight excluding hydrogens is 358 g/mol. The smallest absolute Gasteiger partial charge is 0.310 e. The van der Waals surface area contributed by atoms with Crippen LogP contribution in [0.25, 0.3) is 5.69 Å². The number of anilines is 1. The Morgan fingerprint density at radius 3 is 2.57 bits per heavy atom. The zero-order valence-electron chi connectivity index (χ0n) is 15.9. The highest BCUT2D eigenvalue weighted by Crippen LogP contribution is 2.43. The van der Waals surface area contributed by atoms with Gasteiger partial charge in [0, 0.05) is 7.05 Å². The number of nitrogens with zero attached hydrogens (tertiary/aromatic N) is 2. The molecule has 0 unspecified atom stereocenters. The molecule has 1 aromatic heterocycles. The number of allylic oxidation sites excluding steroid dienone is 2. The van der Waals surface area contributed by atoms with Crippen molar-refractivity contribution in [2.24, 2.45) is 24.8 Å². The number of para-hydroxylation sites is 1. The van der Waals surface area contributed by atoms with Gasteiger partial charge in [0.2, 0.25) is 0 Å². The zero-order valence-corrected chi connectivity index (χ0v) is 15.9. The molecule has 146 valence electrons. The number of ether oxygens (including phenoxy) is 1. The Balaban J connectivity index is 1.43. The van der Waals surface area contributed by atoms with Crippen LogP contribution in [0.5, 0.6) is 0 Å². The first-order valence-electron chi connectivity index (χ1n) is 9.44. The lowest BCUT2D eigenvalue weighted by Gasteiger charge is -2.16. The largest absolute Gasteiger partial charge is 0.455 e. The molecule has 7 heteroatoms. The molecule has 2 bridgehead atoms. The number of carbonyl (C=O) groups excluding carboxylic acids is 2. The van der Waals surface area contributed by atoms with Crippen molar-refractivity contribution in [1.29, 1.82) is 0 Å². The molecule has 1 N–H and O–H groups in total. The lowest BCUT2D eigenvalue weighted by Crippen LogP contribution is -2.28. The fourth-order valence-corrected chi connectivity index (χ4v) is 4.18. The molecule has 0 aliphatic heterocycles. The number of amides is 1. The van der Waals surface area contributed by atoms with Crippen LogP contribution < -0.4 is 10.9 Å². The minimum absolute atomic E-state index is 0.156. The number of esters is 1. The van der Waals surface area contributed by atoms with Crippen LogP contribution in [0, 0.1) is 24.7 Å². The van der Waals surface area contributed by atoms with Gasteiger partial charge in [-0.05, 0) is 43.7 Å². The summed E-state index contributed by atoms with van der Waals surface area (Å²) >= 11 is 0. The molecule has 0 saturated heterocycles. The Morgan fingerprint density at radius 1 is 1.18 bits per heavy atom. The average Bonchev–Trinajstić information content (AvgIpc) is 3.38. The van der Waals surface area contributed by atoms with E-state index in [4.69, 9.17) is 4.74 Å². The molecule has 0 radical (unpaired) electrons. The number of carbonyl (C=O) groups is 2. The van der Waals surface area contributed by atoms with Crippen molar-refractivity contribution in [2.75, 3.05) is 11.9 Å². The molecule has 2 aliphatic rings. The number of aromatic nitrogens is 2. The highest BCUT2D eigenvalue weighted by molar-refractivity contribution is 5.93. The number of nitrogens with one attached hydrogen (secondary N) is 1. The second-order valence-electron chi connectivity index (χ2n) is 7.48. The monoisotopic (exact) mass is 381 g/mol.